The van der Waals surface area contributed by atoms with Crippen LogP contribution in [0, 0.1) is 11.5 Å². The van der Waals surface area contributed by atoms with Crippen LogP contribution >= 0.6 is 0 Å². The molecule has 0 N–H and O–H groups in total. The summed E-state index contributed by atoms with van der Waals surface area (Å²) in [5.74, 6) is 3.32. The van der Waals surface area contributed by atoms with Gasteiger partial charge in [0.05, 0.1) is 22.8 Å². The van der Waals surface area contributed by atoms with Crippen LogP contribution in [0.2, 0.25) is 19.6 Å². The summed E-state index contributed by atoms with van der Waals surface area (Å²) in [6, 6.07) is 15.6. The molecule has 0 aliphatic heterocycles. The fourth-order valence-electron chi connectivity index (χ4n) is 2.15. The molecule has 3 rings (SSSR count). The maximum atomic E-state index is 4.74. The highest BCUT2D eigenvalue weighted by molar-refractivity contribution is 6.83. The Kier molecular flexibility index (Phi) is 4.54. The zero-order valence-electron chi connectivity index (χ0n) is 14.1. The zero-order valence-corrected chi connectivity index (χ0v) is 15.1. The lowest BCUT2D eigenvalue weighted by Crippen LogP contribution is -2.16. The Morgan fingerprint density at radius 1 is 0.750 bits per heavy atom. The summed E-state index contributed by atoms with van der Waals surface area (Å²) in [6.07, 6.45) is 3.55. The Bertz CT molecular complexity index is 831. The first-order chi connectivity index (χ1) is 11.5. The number of rotatable bonds is 2. The highest BCUT2D eigenvalue weighted by Gasteiger charge is 2.10. The Balaban J connectivity index is 2.14. The lowest BCUT2D eigenvalue weighted by molar-refractivity contribution is 1.21. The second-order valence-corrected chi connectivity index (χ2v) is 11.3. The first kappa shape index (κ1) is 16.1. The van der Waals surface area contributed by atoms with Crippen molar-refractivity contribution >= 4 is 8.07 Å². The van der Waals surface area contributed by atoms with Gasteiger partial charge in [-0.05, 0) is 36.4 Å². The van der Waals surface area contributed by atoms with Crippen molar-refractivity contribution in [1.29, 1.82) is 0 Å². The largest absolute Gasteiger partial charge is 0.255 e. The van der Waals surface area contributed by atoms with Crippen molar-refractivity contribution in [2.24, 2.45) is 0 Å². The van der Waals surface area contributed by atoms with Crippen molar-refractivity contribution < 1.29 is 0 Å². The van der Waals surface area contributed by atoms with Gasteiger partial charge in [-0.3, -0.25) is 9.97 Å². The first-order valence-corrected chi connectivity index (χ1v) is 11.4. The van der Waals surface area contributed by atoms with Crippen molar-refractivity contribution in [2.45, 2.75) is 19.6 Å². The predicted octanol–water partition coefficient (Wildman–Crippen LogP) is 4.43. The minimum absolute atomic E-state index is 0.818. The molecule has 0 fully saturated rings. The highest BCUT2D eigenvalue weighted by Crippen LogP contribution is 2.22. The first-order valence-electron chi connectivity index (χ1n) is 7.89. The molecule has 0 bridgehead atoms. The van der Waals surface area contributed by atoms with E-state index in [-0.39, 0.29) is 0 Å². The van der Waals surface area contributed by atoms with Gasteiger partial charge in [-0.15, -0.1) is 5.54 Å². The second kappa shape index (κ2) is 6.77. The molecule has 3 aromatic heterocycles. The third-order valence-electron chi connectivity index (χ3n) is 3.26. The van der Waals surface area contributed by atoms with Crippen LogP contribution in [0.1, 0.15) is 5.56 Å². The molecule has 0 aromatic carbocycles. The molecule has 0 saturated heterocycles. The van der Waals surface area contributed by atoms with E-state index in [2.05, 4.69) is 41.1 Å². The standard InChI is InChI=1S/C20H19N3Si/c1-24(2,3)13-10-16-14-19(17-8-4-6-11-21-17)23-20(15-16)18-9-5-7-12-22-18/h4-9,11-12,14-15H,1-3H3. The lowest BCUT2D eigenvalue weighted by Gasteiger charge is -2.07. The number of aromatic nitrogens is 3. The molecule has 0 aliphatic rings. The molecule has 24 heavy (non-hydrogen) atoms. The van der Waals surface area contributed by atoms with Crippen LogP contribution < -0.4 is 0 Å². The fraction of sp³-hybridized carbons (Fsp3) is 0.150. The Hall–Kier alpha value is -2.77. The molecular weight excluding hydrogens is 310 g/mol. The van der Waals surface area contributed by atoms with Gasteiger partial charge in [-0.25, -0.2) is 4.98 Å². The van der Waals surface area contributed by atoms with E-state index >= 15 is 0 Å². The smallest absolute Gasteiger partial charge is 0.129 e. The van der Waals surface area contributed by atoms with Crippen molar-refractivity contribution in [2.75, 3.05) is 0 Å². The third kappa shape index (κ3) is 4.15. The molecular formula is C20H19N3Si. The van der Waals surface area contributed by atoms with Gasteiger partial charge >= 0.3 is 0 Å². The van der Waals surface area contributed by atoms with Crippen molar-refractivity contribution in [3.63, 3.8) is 0 Å². The minimum Gasteiger partial charge on any atom is -0.255 e. The lowest BCUT2D eigenvalue weighted by atomic mass is 10.1. The van der Waals surface area contributed by atoms with E-state index in [1.54, 1.807) is 12.4 Å². The monoisotopic (exact) mass is 329 g/mol. The maximum Gasteiger partial charge on any atom is 0.129 e. The molecule has 0 saturated carbocycles. The van der Waals surface area contributed by atoms with Gasteiger partial charge in [0.1, 0.15) is 8.07 Å². The Morgan fingerprint density at radius 3 is 1.71 bits per heavy atom. The number of pyridine rings is 3. The summed E-state index contributed by atoms with van der Waals surface area (Å²) in [4.78, 5) is 13.6. The van der Waals surface area contributed by atoms with Gasteiger partial charge in [-0.2, -0.15) is 0 Å². The average molecular weight is 329 g/mol. The van der Waals surface area contributed by atoms with E-state index in [1.165, 1.54) is 0 Å². The van der Waals surface area contributed by atoms with Gasteiger partial charge in [0, 0.05) is 18.0 Å². The summed E-state index contributed by atoms with van der Waals surface area (Å²) in [5.41, 5.74) is 7.68. The summed E-state index contributed by atoms with van der Waals surface area (Å²) in [6.45, 7) is 6.71. The second-order valence-electron chi connectivity index (χ2n) is 6.56. The molecule has 0 amide bonds. The molecule has 0 atom stereocenters. The normalized spacial score (nSPS) is 10.8. The molecule has 0 spiro atoms. The summed E-state index contributed by atoms with van der Waals surface area (Å²) >= 11 is 0. The van der Waals surface area contributed by atoms with E-state index in [1.807, 2.05) is 48.5 Å². The molecule has 3 nitrogen and oxygen atoms in total. The summed E-state index contributed by atoms with van der Waals surface area (Å²) in [5, 5.41) is 0. The van der Waals surface area contributed by atoms with E-state index < -0.39 is 8.07 Å². The maximum absolute atomic E-state index is 4.74. The van der Waals surface area contributed by atoms with Crippen LogP contribution in [0.3, 0.4) is 0 Å². The van der Waals surface area contributed by atoms with E-state index in [0.717, 1.165) is 28.3 Å². The molecule has 0 unspecified atom stereocenters. The third-order valence-corrected chi connectivity index (χ3v) is 4.14. The summed E-state index contributed by atoms with van der Waals surface area (Å²) < 4.78 is 0. The molecule has 0 aliphatic carbocycles. The van der Waals surface area contributed by atoms with Gasteiger partial charge in [0.2, 0.25) is 0 Å². The van der Waals surface area contributed by atoms with Crippen molar-refractivity contribution in [3.05, 3.63) is 66.5 Å². The quantitative estimate of drug-likeness (QED) is 0.515. The summed E-state index contributed by atoms with van der Waals surface area (Å²) in [7, 11) is -1.45. The van der Waals surface area contributed by atoms with Gasteiger partial charge in [0.25, 0.3) is 0 Å². The number of hydrogen-bond donors (Lipinski definition) is 0. The van der Waals surface area contributed by atoms with Gasteiger partial charge in [0.15, 0.2) is 0 Å². The van der Waals surface area contributed by atoms with E-state index in [0.29, 0.717) is 0 Å². The van der Waals surface area contributed by atoms with Crippen LogP contribution in [0.25, 0.3) is 22.8 Å². The topological polar surface area (TPSA) is 38.7 Å². The molecule has 3 aromatic rings. The Morgan fingerprint density at radius 2 is 1.29 bits per heavy atom. The van der Waals surface area contributed by atoms with Crippen LogP contribution in [-0.2, 0) is 0 Å². The van der Waals surface area contributed by atoms with Gasteiger partial charge < -0.3 is 0 Å². The van der Waals surface area contributed by atoms with Gasteiger partial charge in [-0.1, -0.05) is 37.7 Å². The van der Waals surface area contributed by atoms with Crippen molar-refractivity contribution in [3.8, 4) is 34.2 Å². The van der Waals surface area contributed by atoms with Crippen LogP contribution in [-0.4, -0.2) is 23.0 Å². The number of hydrogen-bond acceptors (Lipinski definition) is 3. The van der Waals surface area contributed by atoms with E-state index in [9.17, 15) is 0 Å². The van der Waals surface area contributed by atoms with Crippen molar-refractivity contribution in [1.82, 2.24) is 15.0 Å². The van der Waals surface area contributed by atoms with Crippen LogP contribution in [0.15, 0.2) is 60.9 Å². The van der Waals surface area contributed by atoms with Crippen LogP contribution in [0.5, 0.6) is 0 Å². The molecule has 3 heterocycles. The van der Waals surface area contributed by atoms with E-state index in [4.69, 9.17) is 4.98 Å². The molecule has 0 radical (unpaired) electrons. The number of nitrogens with zero attached hydrogens (tertiary/aromatic N) is 3. The molecule has 4 heteroatoms. The highest BCUT2D eigenvalue weighted by atomic mass is 28.3. The predicted molar refractivity (Wildman–Crippen MR) is 101 cm³/mol. The average Bonchev–Trinajstić information content (AvgIpc) is 2.61. The SMILES string of the molecule is C[Si](C)(C)C#Cc1cc(-c2ccccn2)nc(-c2ccccn2)c1. The fourth-order valence-corrected chi connectivity index (χ4v) is 2.67. The minimum atomic E-state index is -1.45. The Labute approximate surface area is 143 Å². The molecule has 118 valence electrons. The van der Waals surface area contributed by atoms with Crippen LogP contribution in [0.4, 0.5) is 0 Å². The zero-order chi connectivity index (χ0) is 17.0.